The number of hydrogen-bond acceptors (Lipinski definition) is 2. The quantitative estimate of drug-likeness (QED) is 0.162. The Balaban J connectivity index is 1.04. The second kappa shape index (κ2) is 13.0. The van der Waals surface area contributed by atoms with Gasteiger partial charge >= 0.3 is 0 Å². The Morgan fingerprint density at radius 1 is 0.267 bits per heavy atom. The molecule has 0 unspecified atom stereocenters. The fourth-order valence-electron chi connectivity index (χ4n) is 10.2. The van der Waals surface area contributed by atoms with E-state index in [1.54, 1.807) is 0 Å². The van der Waals surface area contributed by atoms with Crippen LogP contribution in [0.4, 0.5) is 0 Å². The number of fused-ring (bicyclic) bond motifs is 10. The number of rotatable bonds is 4. The normalized spacial score (nSPS) is 12.0. The molecule has 0 aliphatic heterocycles. The van der Waals surface area contributed by atoms with Crippen LogP contribution in [0.3, 0.4) is 0 Å². The Hall–Kier alpha value is -7.52. The maximum Gasteiger partial charge on any atom is 0.136 e. The van der Waals surface area contributed by atoms with Gasteiger partial charge in [0, 0.05) is 30.9 Å². The minimum Gasteiger partial charge on any atom is -0.456 e. The zero-order valence-corrected chi connectivity index (χ0v) is 33.3. The Kier molecular flexibility index (Phi) is 7.24. The first-order valence-electron chi connectivity index (χ1n) is 20.6. The molecule has 2 aromatic heterocycles. The highest BCUT2D eigenvalue weighted by atomic mass is 32.1. The molecule has 0 atom stereocenters. The van der Waals surface area contributed by atoms with Crippen molar-refractivity contribution in [3.8, 4) is 44.5 Å². The Labute approximate surface area is 350 Å². The van der Waals surface area contributed by atoms with Gasteiger partial charge in [-0.3, -0.25) is 0 Å². The lowest BCUT2D eigenvalue weighted by Crippen LogP contribution is -1.91. The lowest BCUT2D eigenvalue weighted by Gasteiger charge is -2.18. The van der Waals surface area contributed by atoms with E-state index in [0.29, 0.717) is 0 Å². The lowest BCUT2D eigenvalue weighted by atomic mass is 9.84. The second-order valence-electron chi connectivity index (χ2n) is 15.8. The second-order valence-corrected chi connectivity index (χ2v) is 16.9. The summed E-state index contributed by atoms with van der Waals surface area (Å²) in [5, 5.41) is 14.8. The first kappa shape index (κ1) is 33.5. The van der Waals surface area contributed by atoms with E-state index >= 15 is 0 Å². The van der Waals surface area contributed by atoms with Crippen LogP contribution in [0.2, 0.25) is 0 Å². The van der Waals surface area contributed by atoms with Crippen molar-refractivity contribution in [1.82, 2.24) is 0 Å². The highest BCUT2D eigenvalue weighted by molar-refractivity contribution is 7.25. The molecule has 2 heteroatoms. The van der Waals surface area contributed by atoms with E-state index in [1.807, 2.05) is 11.3 Å². The minimum atomic E-state index is 0.886. The van der Waals surface area contributed by atoms with Crippen LogP contribution in [0.25, 0.3) is 130 Å². The van der Waals surface area contributed by atoms with Gasteiger partial charge in [0.05, 0.1) is 0 Å². The first-order chi connectivity index (χ1) is 29.8. The van der Waals surface area contributed by atoms with Gasteiger partial charge in [-0.05, 0) is 124 Å². The smallest absolute Gasteiger partial charge is 0.136 e. The third kappa shape index (κ3) is 4.86. The van der Waals surface area contributed by atoms with E-state index in [9.17, 15) is 0 Å². The summed E-state index contributed by atoms with van der Waals surface area (Å²) in [5.41, 5.74) is 11.6. The van der Waals surface area contributed by atoms with Crippen molar-refractivity contribution in [1.29, 1.82) is 0 Å². The van der Waals surface area contributed by atoms with Crippen LogP contribution in [0.5, 0.6) is 0 Å². The van der Waals surface area contributed by atoms with Gasteiger partial charge in [-0.25, -0.2) is 0 Å². The standard InChI is InChI=1S/C58H34OS/c1-2-15-35(16-3-1)54-43-22-8-10-24-45(43)57(46-25-11-9-23-44(46)54)48-26-14-27-50-58(48)47-31-29-37(34-51(47)59-50)56-41-20-6-4-18-39(41)55(40-19-5-7-21-42(40)56)36-30-32-53-49(33-36)38-17-12-13-28-52(38)60-53/h1-34H. The van der Waals surface area contributed by atoms with Crippen molar-refractivity contribution >= 4 is 96.5 Å². The molecule has 0 spiro atoms. The van der Waals surface area contributed by atoms with Gasteiger partial charge in [-0.1, -0.05) is 170 Å². The maximum absolute atomic E-state index is 6.88. The van der Waals surface area contributed by atoms with E-state index in [2.05, 4.69) is 206 Å². The maximum atomic E-state index is 6.88. The number of hydrogen-bond donors (Lipinski definition) is 0. The summed E-state index contributed by atoms with van der Waals surface area (Å²) in [5.74, 6) is 0. The summed E-state index contributed by atoms with van der Waals surface area (Å²) < 4.78 is 9.52. The summed E-state index contributed by atoms with van der Waals surface area (Å²) in [7, 11) is 0. The molecule has 0 aliphatic carbocycles. The van der Waals surface area contributed by atoms with Crippen molar-refractivity contribution in [2.75, 3.05) is 0 Å². The molecule has 0 radical (unpaired) electrons. The molecule has 13 aromatic rings. The number of benzene rings is 11. The molecule has 2 heterocycles. The molecule has 60 heavy (non-hydrogen) atoms. The van der Waals surface area contributed by atoms with E-state index in [0.717, 1.165) is 27.5 Å². The van der Waals surface area contributed by atoms with Gasteiger partial charge < -0.3 is 4.42 Å². The summed E-state index contributed by atoms with van der Waals surface area (Å²) in [6, 6.07) is 75.6. The van der Waals surface area contributed by atoms with Gasteiger partial charge in [0.25, 0.3) is 0 Å². The molecule has 0 fully saturated rings. The van der Waals surface area contributed by atoms with Gasteiger partial charge in [0.15, 0.2) is 0 Å². The molecule has 11 aromatic carbocycles. The Morgan fingerprint density at radius 3 is 1.33 bits per heavy atom. The molecule has 0 saturated heterocycles. The van der Waals surface area contributed by atoms with Crippen molar-refractivity contribution < 1.29 is 4.42 Å². The summed E-state index contributed by atoms with van der Waals surface area (Å²) in [4.78, 5) is 0. The fraction of sp³-hybridized carbons (Fsp3) is 0. The average Bonchev–Trinajstić information content (AvgIpc) is 3.88. The highest BCUT2D eigenvalue weighted by Crippen LogP contribution is 2.49. The molecule has 1 nitrogen and oxygen atoms in total. The molecule has 278 valence electrons. The molecule has 0 N–H and O–H groups in total. The van der Waals surface area contributed by atoms with Gasteiger partial charge in [-0.15, -0.1) is 11.3 Å². The molecule has 0 amide bonds. The van der Waals surface area contributed by atoms with Gasteiger partial charge in [0.2, 0.25) is 0 Å². The molecule has 0 saturated carbocycles. The number of furan rings is 1. The van der Waals surface area contributed by atoms with Crippen LogP contribution in [-0.2, 0) is 0 Å². The summed E-state index contributed by atoms with van der Waals surface area (Å²) in [6.07, 6.45) is 0. The highest BCUT2D eigenvalue weighted by Gasteiger charge is 2.22. The van der Waals surface area contributed by atoms with Crippen molar-refractivity contribution in [3.05, 3.63) is 206 Å². The van der Waals surface area contributed by atoms with Crippen LogP contribution in [-0.4, -0.2) is 0 Å². The molecular weight excluding hydrogens is 745 g/mol. The van der Waals surface area contributed by atoms with Crippen LogP contribution >= 0.6 is 11.3 Å². The van der Waals surface area contributed by atoms with Gasteiger partial charge in [-0.2, -0.15) is 0 Å². The summed E-state index contributed by atoms with van der Waals surface area (Å²) >= 11 is 1.87. The number of thiophene rings is 1. The lowest BCUT2D eigenvalue weighted by molar-refractivity contribution is 0.669. The third-order valence-corrected chi connectivity index (χ3v) is 13.8. The minimum absolute atomic E-state index is 0.886. The van der Waals surface area contributed by atoms with Crippen LogP contribution in [0.1, 0.15) is 0 Å². The van der Waals surface area contributed by atoms with Crippen molar-refractivity contribution in [2.24, 2.45) is 0 Å². The van der Waals surface area contributed by atoms with E-state index < -0.39 is 0 Å². The predicted octanol–water partition coefficient (Wildman–Crippen LogP) is 17.2. The monoisotopic (exact) mass is 778 g/mol. The molecule has 13 rings (SSSR count). The fourth-order valence-corrected chi connectivity index (χ4v) is 11.2. The Morgan fingerprint density at radius 2 is 0.733 bits per heavy atom. The topological polar surface area (TPSA) is 13.1 Å². The largest absolute Gasteiger partial charge is 0.456 e. The molecule has 0 aliphatic rings. The molecule has 0 bridgehead atoms. The third-order valence-electron chi connectivity index (χ3n) is 12.6. The van der Waals surface area contributed by atoms with E-state index in [4.69, 9.17) is 4.42 Å². The van der Waals surface area contributed by atoms with Crippen LogP contribution in [0, 0.1) is 0 Å². The van der Waals surface area contributed by atoms with Crippen molar-refractivity contribution in [3.63, 3.8) is 0 Å². The molecular formula is C58H34OS. The van der Waals surface area contributed by atoms with Gasteiger partial charge in [0.1, 0.15) is 11.2 Å². The zero-order valence-electron chi connectivity index (χ0n) is 32.4. The van der Waals surface area contributed by atoms with E-state index in [-0.39, 0.29) is 0 Å². The first-order valence-corrected chi connectivity index (χ1v) is 21.4. The summed E-state index contributed by atoms with van der Waals surface area (Å²) in [6.45, 7) is 0. The SMILES string of the molecule is c1ccc(-c2c3ccccc3c(-c3cccc4oc5cc(-c6c7ccccc7c(-c7ccc8sc9ccccc9c8c7)c7ccccc67)ccc5c34)c3ccccc23)cc1. The van der Waals surface area contributed by atoms with Crippen LogP contribution < -0.4 is 0 Å². The van der Waals surface area contributed by atoms with Crippen molar-refractivity contribution in [2.45, 2.75) is 0 Å². The average molecular weight is 779 g/mol. The van der Waals surface area contributed by atoms with Crippen LogP contribution in [0.15, 0.2) is 211 Å². The van der Waals surface area contributed by atoms with E-state index in [1.165, 1.54) is 102 Å². The Bertz CT molecular complexity index is 3770. The predicted molar refractivity (Wildman–Crippen MR) is 258 cm³/mol. The zero-order chi connectivity index (χ0) is 39.3.